The van der Waals surface area contributed by atoms with Gasteiger partial charge < -0.3 is 33.7 Å². The molecule has 45 heavy (non-hydrogen) atoms. The number of amides is 1. The molecule has 0 aliphatic carbocycles. The van der Waals surface area contributed by atoms with Crippen molar-refractivity contribution in [2.75, 3.05) is 35.0 Å². The van der Waals surface area contributed by atoms with Crippen molar-refractivity contribution in [2.24, 2.45) is 0 Å². The Labute approximate surface area is 262 Å². The Morgan fingerprint density at radius 3 is 1.87 bits per heavy atom. The van der Waals surface area contributed by atoms with Crippen molar-refractivity contribution in [3.63, 3.8) is 0 Å². The zero-order chi connectivity index (χ0) is 32.0. The van der Waals surface area contributed by atoms with Gasteiger partial charge >= 0.3 is 5.97 Å². The molecule has 4 aromatic carbocycles. The number of hydrogen-bond acceptors (Lipinski definition) is 7. The quantitative estimate of drug-likeness (QED) is 0.237. The summed E-state index contributed by atoms with van der Waals surface area (Å²) in [4.78, 5) is 29.9. The topological polar surface area (TPSA) is 104 Å². The van der Waals surface area contributed by atoms with Gasteiger partial charge in [0, 0.05) is 30.8 Å². The molecule has 0 bridgehead atoms. The van der Waals surface area contributed by atoms with Gasteiger partial charge in [0.25, 0.3) is 0 Å². The van der Waals surface area contributed by atoms with Crippen LogP contribution in [0.1, 0.15) is 28.7 Å². The van der Waals surface area contributed by atoms with E-state index in [9.17, 15) is 14.7 Å². The summed E-state index contributed by atoms with van der Waals surface area (Å²) >= 11 is 0. The number of hydrogen-bond donors (Lipinski definition) is 1. The minimum absolute atomic E-state index is 0.0242. The van der Waals surface area contributed by atoms with Crippen molar-refractivity contribution in [1.82, 2.24) is 4.90 Å². The number of nitrogens with zero attached hydrogens (tertiary/aromatic N) is 1. The van der Waals surface area contributed by atoms with Gasteiger partial charge in [-0.2, -0.15) is 0 Å². The van der Waals surface area contributed by atoms with Gasteiger partial charge in [-0.05, 0) is 47.2 Å². The third kappa shape index (κ3) is 6.24. The maximum Gasteiger partial charge on any atom is 0.348 e. The van der Waals surface area contributed by atoms with E-state index in [-0.39, 0.29) is 24.6 Å². The molecule has 1 aliphatic rings. The van der Waals surface area contributed by atoms with Gasteiger partial charge in [0.2, 0.25) is 12.0 Å². The number of carboxylic acids is 1. The minimum Gasteiger partial charge on any atom is -0.497 e. The van der Waals surface area contributed by atoms with Crippen molar-refractivity contribution in [3.05, 3.63) is 113 Å². The molecule has 1 amide bonds. The number of carboxylic acid groups (broad SMARTS) is 1. The van der Waals surface area contributed by atoms with Crippen molar-refractivity contribution in [2.45, 2.75) is 30.9 Å². The second-order valence-electron chi connectivity index (χ2n) is 10.7. The Hall–Kier alpha value is -5.18. The summed E-state index contributed by atoms with van der Waals surface area (Å²) in [5, 5.41) is 11.1. The van der Waals surface area contributed by atoms with Crippen LogP contribution in [0, 0.1) is 0 Å². The largest absolute Gasteiger partial charge is 0.497 e. The smallest absolute Gasteiger partial charge is 0.348 e. The molecule has 0 saturated heterocycles. The lowest BCUT2D eigenvalue weighted by molar-refractivity contribution is -0.157. The Morgan fingerprint density at radius 2 is 1.29 bits per heavy atom. The van der Waals surface area contributed by atoms with Crippen LogP contribution >= 0.6 is 0 Å². The highest BCUT2D eigenvalue weighted by Crippen LogP contribution is 2.46. The van der Waals surface area contributed by atoms with Gasteiger partial charge in [-0.1, -0.05) is 54.6 Å². The fraction of sp³-hybridized carbons (Fsp3) is 0.278. The summed E-state index contributed by atoms with van der Waals surface area (Å²) in [7, 11) is 6.12. The van der Waals surface area contributed by atoms with Crippen LogP contribution in [0.15, 0.2) is 91.0 Å². The summed E-state index contributed by atoms with van der Waals surface area (Å²) in [6.45, 7) is 0.290. The number of aliphatic carboxylic acids is 1. The Bertz CT molecular complexity index is 1610. The van der Waals surface area contributed by atoms with E-state index in [1.165, 1.54) is 14.2 Å². The Morgan fingerprint density at radius 1 is 0.756 bits per heavy atom. The molecular weight excluding hydrogens is 574 g/mol. The molecular formula is C36H37NO8. The fourth-order valence-corrected chi connectivity index (χ4v) is 6.16. The number of carbonyl (C=O) groups is 2. The molecule has 5 rings (SSSR count). The predicted octanol–water partition coefficient (Wildman–Crippen LogP) is 5.51. The summed E-state index contributed by atoms with van der Waals surface area (Å²) in [5.41, 5.74) is 1.35. The molecule has 0 unspecified atom stereocenters. The van der Waals surface area contributed by atoms with E-state index in [0.717, 1.165) is 5.56 Å². The average Bonchev–Trinajstić information content (AvgIpc) is 3.24. The molecule has 0 radical (unpaired) electrons. The van der Waals surface area contributed by atoms with E-state index in [4.69, 9.17) is 23.7 Å². The summed E-state index contributed by atoms with van der Waals surface area (Å²) < 4.78 is 28.3. The first-order chi connectivity index (χ1) is 21.8. The van der Waals surface area contributed by atoms with Crippen LogP contribution in [0.4, 0.5) is 0 Å². The maximum atomic E-state index is 14.7. The van der Waals surface area contributed by atoms with E-state index in [1.807, 2.05) is 54.6 Å². The molecule has 234 valence electrons. The van der Waals surface area contributed by atoms with Gasteiger partial charge in [-0.25, -0.2) is 4.79 Å². The monoisotopic (exact) mass is 611 g/mol. The number of benzene rings is 4. The standard InChI is InChI=1S/C36H37NO8/c1-41-27-17-24(18-28(20-27)42-2)19-33(38)37-16-10-12-25-11-8-9-15-32(25)36(37,26-13-6-5-7-14-26)34(35(39)40)45-31-22-29(43-3)21-30(23-31)44-4/h5-9,11,13-15,17-18,20-23,34H,10,12,16,19H2,1-4H3,(H,39,40)/t34-,36+/m1/s1. The van der Waals surface area contributed by atoms with Gasteiger partial charge in [0.1, 0.15) is 34.3 Å². The molecule has 1 aliphatic heterocycles. The first-order valence-corrected chi connectivity index (χ1v) is 14.6. The third-order valence-corrected chi connectivity index (χ3v) is 8.15. The lowest BCUT2D eigenvalue weighted by Crippen LogP contribution is -2.61. The van der Waals surface area contributed by atoms with Crippen molar-refractivity contribution in [1.29, 1.82) is 0 Å². The number of rotatable bonds is 11. The second-order valence-corrected chi connectivity index (χ2v) is 10.7. The first-order valence-electron chi connectivity index (χ1n) is 14.6. The van der Waals surface area contributed by atoms with Crippen LogP contribution in [0.5, 0.6) is 28.7 Å². The normalized spacial score (nSPS) is 16.5. The lowest BCUT2D eigenvalue weighted by Gasteiger charge is -2.47. The van der Waals surface area contributed by atoms with Crippen molar-refractivity contribution in [3.8, 4) is 28.7 Å². The molecule has 0 saturated carbocycles. The number of aryl methyl sites for hydroxylation is 1. The zero-order valence-electron chi connectivity index (χ0n) is 25.8. The van der Waals surface area contributed by atoms with E-state index >= 15 is 0 Å². The van der Waals surface area contributed by atoms with Gasteiger partial charge in [-0.3, -0.25) is 4.79 Å². The average molecular weight is 612 g/mol. The molecule has 9 heteroatoms. The van der Waals surface area contributed by atoms with Crippen LogP contribution in [0.25, 0.3) is 0 Å². The fourth-order valence-electron chi connectivity index (χ4n) is 6.16. The van der Waals surface area contributed by atoms with Crippen LogP contribution in [0.3, 0.4) is 0 Å². The molecule has 0 fully saturated rings. The predicted molar refractivity (Wildman–Crippen MR) is 169 cm³/mol. The van der Waals surface area contributed by atoms with Crippen LogP contribution in [-0.2, 0) is 28.0 Å². The number of carbonyl (C=O) groups excluding carboxylic acids is 1. The summed E-state index contributed by atoms with van der Waals surface area (Å²) in [6.07, 6.45) is -0.317. The molecule has 4 aromatic rings. The zero-order valence-corrected chi connectivity index (χ0v) is 25.8. The molecule has 1 heterocycles. The van der Waals surface area contributed by atoms with Gasteiger partial charge in [-0.15, -0.1) is 0 Å². The Kier molecular flexibility index (Phi) is 9.47. The minimum atomic E-state index is -1.57. The van der Waals surface area contributed by atoms with Crippen LogP contribution < -0.4 is 23.7 Å². The van der Waals surface area contributed by atoms with Crippen molar-refractivity contribution < 1.29 is 38.4 Å². The third-order valence-electron chi connectivity index (χ3n) is 8.15. The summed E-state index contributed by atoms with van der Waals surface area (Å²) in [6, 6.07) is 27.1. The second kappa shape index (κ2) is 13.6. The van der Waals surface area contributed by atoms with E-state index in [0.29, 0.717) is 52.5 Å². The molecule has 0 aromatic heterocycles. The highest BCUT2D eigenvalue weighted by Gasteiger charge is 2.55. The Balaban J connectivity index is 1.75. The SMILES string of the molecule is COc1cc(CC(=O)N2CCCc3ccccc3[C@@]2(c2ccccc2)[C@H](Oc2cc(OC)cc(OC)c2)C(=O)O)cc(OC)c1. The van der Waals surface area contributed by atoms with Crippen LogP contribution in [0.2, 0.25) is 0 Å². The van der Waals surface area contributed by atoms with E-state index in [2.05, 4.69) is 0 Å². The van der Waals surface area contributed by atoms with Gasteiger partial charge in [0.05, 0.1) is 34.9 Å². The van der Waals surface area contributed by atoms with E-state index in [1.54, 1.807) is 55.5 Å². The summed E-state index contributed by atoms with van der Waals surface area (Å²) in [5.74, 6) is 0.673. The molecule has 2 atom stereocenters. The molecule has 0 spiro atoms. The van der Waals surface area contributed by atoms with Crippen LogP contribution in [-0.4, -0.2) is 63.0 Å². The number of fused-ring (bicyclic) bond motifs is 1. The maximum absolute atomic E-state index is 14.7. The van der Waals surface area contributed by atoms with Gasteiger partial charge in [0.15, 0.2) is 0 Å². The lowest BCUT2D eigenvalue weighted by atomic mass is 9.74. The highest BCUT2D eigenvalue weighted by molar-refractivity contribution is 5.85. The molecule has 1 N–H and O–H groups in total. The van der Waals surface area contributed by atoms with E-state index < -0.39 is 17.6 Å². The number of methoxy groups -OCH3 is 4. The number of ether oxygens (including phenoxy) is 5. The van der Waals surface area contributed by atoms with Crippen molar-refractivity contribution >= 4 is 11.9 Å². The first kappa shape index (κ1) is 31.3. The molecule has 9 nitrogen and oxygen atoms in total. The highest BCUT2D eigenvalue weighted by atomic mass is 16.5.